The summed E-state index contributed by atoms with van der Waals surface area (Å²) >= 11 is 0. The maximum atomic E-state index is 14.1. The van der Waals surface area contributed by atoms with E-state index in [-0.39, 0.29) is 6.61 Å². The monoisotopic (exact) mass is 313 g/mol. The van der Waals surface area contributed by atoms with Crippen LogP contribution in [-0.4, -0.2) is 36.2 Å². The van der Waals surface area contributed by atoms with Crippen molar-refractivity contribution in [1.82, 2.24) is 5.32 Å². The van der Waals surface area contributed by atoms with Gasteiger partial charge in [0.25, 0.3) is 5.91 Å². The zero-order valence-corrected chi connectivity index (χ0v) is 11.8. The lowest BCUT2D eigenvalue weighted by Crippen LogP contribution is -2.52. The Morgan fingerprint density at radius 1 is 1.32 bits per heavy atom. The van der Waals surface area contributed by atoms with Gasteiger partial charge in [-0.2, -0.15) is 8.78 Å². The van der Waals surface area contributed by atoms with Crippen LogP contribution in [-0.2, 0) is 20.2 Å². The minimum atomic E-state index is -3.79. The minimum absolute atomic E-state index is 0.133. The average molecular weight is 313 g/mol. The first kappa shape index (κ1) is 16.4. The van der Waals surface area contributed by atoms with Crippen molar-refractivity contribution in [3.05, 3.63) is 35.9 Å². The molecule has 2 rings (SSSR count). The summed E-state index contributed by atoms with van der Waals surface area (Å²) in [7, 11) is 0. The first-order chi connectivity index (χ1) is 10.4. The Balaban J connectivity index is 2.12. The highest BCUT2D eigenvalue weighted by Crippen LogP contribution is 2.28. The van der Waals surface area contributed by atoms with Gasteiger partial charge in [0.1, 0.15) is 6.04 Å². The van der Waals surface area contributed by atoms with Gasteiger partial charge >= 0.3 is 11.9 Å². The summed E-state index contributed by atoms with van der Waals surface area (Å²) in [4.78, 5) is 23.1. The minimum Gasteiger partial charge on any atom is -0.480 e. The van der Waals surface area contributed by atoms with Gasteiger partial charge in [-0.15, -0.1) is 0 Å². The molecular weight excluding hydrogens is 296 g/mol. The maximum Gasteiger partial charge on any atom is 0.349 e. The molecule has 1 aliphatic rings. The van der Waals surface area contributed by atoms with Crippen molar-refractivity contribution in [2.75, 3.05) is 13.2 Å². The van der Waals surface area contributed by atoms with Crippen LogP contribution in [0.1, 0.15) is 18.4 Å². The average Bonchev–Trinajstić information content (AvgIpc) is 2.53. The summed E-state index contributed by atoms with van der Waals surface area (Å²) in [6, 6.07) is 5.19. The number of alkyl halides is 2. The van der Waals surface area contributed by atoms with E-state index in [0.717, 1.165) is 12.1 Å². The van der Waals surface area contributed by atoms with Crippen LogP contribution in [0.3, 0.4) is 0 Å². The van der Waals surface area contributed by atoms with Crippen molar-refractivity contribution in [3.63, 3.8) is 0 Å². The van der Waals surface area contributed by atoms with Gasteiger partial charge in [-0.3, -0.25) is 4.79 Å². The molecule has 2 unspecified atom stereocenters. The second-order valence-electron chi connectivity index (χ2n) is 5.21. The first-order valence-corrected chi connectivity index (χ1v) is 6.98. The van der Waals surface area contributed by atoms with E-state index in [2.05, 4.69) is 0 Å². The third kappa shape index (κ3) is 3.59. The highest BCUT2D eigenvalue weighted by atomic mass is 19.3. The normalized spacial score (nSPS) is 20.2. The smallest absolute Gasteiger partial charge is 0.349 e. The zero-order chi connectivity index (χ0) is 16.2. The second-order valence-corrected chi connectivity index (χ2v) is 5.21. The molecule has 22 heavy (non-hydrogen) atoms. The molecule has 2 N–H and O–H groups in total. The van der Waals surface area contributed by atoms with Gasteiger partial charge in [0, 0.05) is 18.1 Å². The fourth-order valence-electron chi connectivity index (χ4n) is 2.42. The lowest BCUT2D eigenvalue weighted by Gasteiger charge is -2.29. The molecule has 0 spiro atoms. The number of carboxylic acids is 1. The summed E-state index contributed by atoms with van der Waals surface area (Å²) in [6.45, 7) is 0.644. The third-order valence-electron chi connectivity index (χ3n) is 3.64. The lowest BCUT2D eigenvalue weighted by molar-refractivity contribution is -0.154. The van der Waals surface area contributed by atoms with Crippen molar-refractivity contribution >= 4 is 11.9 Å². The fraction of sp³-hybridized carbons (Fsp3) is 0.467. The van der Waals surface area contributed by atoms with Gasteiger partial charge in [0.05, 0.1) is 6.61 Å². The topological polar surface area (TPSA) is 75.6 Å². The van der Waals surface area contributed by atoms with Crippen LogP contribution in [0.25, 0.3) is 0 Å². The number of halogens is 2. The molecule has 120 valence electrons. The number of benzene rings is 1. The van der Waals surface area contributed by atoms with Gasteiger partial charge in [-0.25, -0.2) is 4.79 Å². The molecule has 1 saturated heterocycles. The van der Waals surface area contributed by atoms with E-state index in [9.17, 15) is 23.5 Å². The molecule has 1 aromatic carbocycles. The number of amides is 1. The number of carbonyl (C=O) groups is 2. The van der Waals surface area contributed by atoms with E-state index in [4.69, 9.17) is 4.74 Å². The summed E-state index contributed by atoms with van der Waals surface area (Å²) in [5, 5.41) is 11.2. The van der Waals surface area contributed by atoms with E-state index >= 15 is 0 Å². The van der Waals surface area contributed by atoms with Gasteiger partial charge in [-0.05, 0) is 12.8 Å². The molecule has 1 amide bonds. The Labute approximate surface area is 126 Å². The third-order valence-corrected chi connectivity index (χ3v) is 3.64. The van der Waals surface area contributed by atoms with Crippen LogP contribution in [0.4, 0.5) is 8.78 Å². The Bertz CT molecular complexity index is 530. The standard InChI is InChI=1S/C15H17F2NO4/c16-15(17,11-6-2-1-3-7-11)14(21)18-12(13(19)20)10-5-4-8-22-9-10/h1-3,6-7,10,12H,4-5,8-9H2,(H,18,21)(H,19,20). The molecule has 7 heteroatoms. The Morgan fingerprint density at radius 2 is 2.00 bits per heavy atom. The molecule has 1 aromatic rings. The highest BCUT2D eigenvalue weighted by Gasteiger charge is 2.44. The van der Waals surface area contributed by atoms with E-state index < -0.39 is 35.3 Å². The predicted molar refractivity (Wildman–Crippen MR) is 73.4 cm³/mol. The molecular formula is C15H17F2NO4. The van der Waals surface area contributed by atoms with E-state index in [1.54, 1.807) is 6.07 Å². The molecule has 0 aromatic heterocycles. The molecule has 5 nitrogen and oxygen atoms in total. The van der Waals surface area contributed by atoms with Crippen molar-refractivity contribution < 1.29 is 28.2 Å². The van der Waals surface area contributed by atoms with Crippen LogP contribution < -0.4 is 5.32 Å². The number of hydrogen-bond acceptors (Lipinski definition) is 3. The van der Waals surface area contributed by atoms with Crippen LogP contribution in [0.5, 0.6) is 0 Å². The number of hydrogen-bond donors (Lipinski definition) is 2. The van der Waals surface area contributed by atoms with Gasteiger partial charge in [-0.1, -0.05) is 30.3 Å². The fourth-order valence-corrected chi connectivity index (χ4v) is 2.42. The van der Waals surface area contributed by atoms with Gasteiger partial charge < -0.3 is 15.2 Å². The molecule has 0 saturated carbocycles. The quantitative estimate of drug-likeness (QED) is 0.869. The van der Waals surface area contributed by atoms with Gasteiger partial charge in [0.2, 0.25) is 0 Å². The molecule has 2 atom stereocenters. The van der Waals surface area contributed by atoms with Crippen LogP contribution >= 0.6 is 0 Å². The van der Waals surface area contributed by atoms with Crippen LogP contribution in [0.15, 0.2) is 30.3 Å². The number of nitrogens with one attached hydrogen (secondary N) is 1. The largest absolute Gasteiger partial charge is 0.480 e. The Hall–Kier alpha value is -2.02. The zero-order valence-electron chi connectivity index (χ0n) is 11.8. The number of carboxylic acid groups (broad SMARTS) is 1. The van der Waals surface area contributed by atoms with Crippen molar-refractivity contribution in [1.29, 1.82) is 0 Å². The lowest BCUT2D eigenvalue weighted by atomic mass is 9.93. The second kappa shape index (κ2) is 6.83. The van der Waals surface area contributed by atoms with Gasteiger partial charge in [0.15, 0.2) is 0 Å². The molecule has 0 aliphatic carbocycles. The summed E-state index contributed by atoms with van der Waals surface area (Å²) in [5.41, 5.74) is -0.475. The Kier molecular flexibility index (Phi) is 5.07. The summed E-state index contributed by atoms with van der Waals surface area (Å²) in [5.74, 6) is -7.25. The van der Waals surface area contributed by atoms with Crippen LogP contribution in [0.2, 0.25) is 0 Å². The molecule has 1 heterocycles. The predicted octanol–water partition coefficient (Wildman–Crippen LogP) is 1.77. The van der Waals surface area contributed by atoms with Crippen LogP contribution in [0, 0.1) is 5.92 Å². The first-order valence-electron chi connectivity index (χ1n) is 6.98. The maximum absolute atomic E-state index is 14.1. The number of aliphatic carboxylic acids is 1. The van der Waals surface area contributed by atoms with E-state index in [1.165, 1.54) is 12.1 Å². The molecule has 0 radical (unpaired) electrons. The number of ether oxygens (including phenoxy) is 1. The van der Waals surface area contributed by atoms with Crippen molar-refractivity contribution in [2.45, 2.75) is 24.8 Å². The number of carbonyl (C=O) groups excluding carboxylic acids is 1. The van der Waals surface area contributed by atoms with Crippen molar-refractivity contribution in [2.24, 2.45) is 5.92 Å². The van der Waals surface area contributed by atoms with E-state index in [1.807, 2.05) is 5.32 Å². The number of rotatable bonds is 5. The van der Waals surface area contributed by atoms with E-state index in [0.29, 0.717) is 19.4 Å². The summed E-state index contributed by atoms with van der Waals surface area (Å²) in [6.07, 6.45) is 1.15. The molecule has 0 bridgehead atoms. The van der Waals surface area contributed by atoms with Crippen molar-refractivity contribution in [3.8, 4) is 0 Å². The molecule has 1 aliphatic heterocycles. The SMILES string of the molecule is O=C(O)C(NC(=O)C(F)(F)c1ccccc1)C1CCCOC1. The molecule has 1 fully saturated rings. The Morgan fingerprint density at radius 3 is 2.55 bits per heavy atom. The highest BCUT2D eigenvalue weighted by molar-refractivity contribution is 5.89. The summed E-state index contributed by atoms with van der Waals surface area (Å²) < 4.78 is 33.4.